The van der Waals surface area contributed by atoms with Crippen LogP contribution in [0.1, 0.15) is 20.8 Å². The lowest BCUT2D eigenvalue weighted by Crippen LogP contribution is -2.47. The molecule has 1 aromatic rings. The summed E-state index contributed by atoms with van der Waals surface area (Å²) < 4.78 is 5.45. The normalized spacial score (nSPS) is 19.6. The van der Waals surface area contributed by atoms with Gasteiger partial charge in [0.1, 0.15) is 11.5 Å². The molecular formula is C12H15NO3. The van der Waals surface area contributed by atoms with Crippen molar-refractivity contribution >= 4 is 11.6 Å². The Kier molecular flexibility index (Phi) is 2.50. The molecule has 16 heavy (non-hydrogen) atoms. The molecule has 0 radical (unpaired) electrons. The van der Waals surface area contributed by atoms with E-state index in [9.17, 15) is 9.90 Å². The first-order valence-corrected chi connectivity index (χ1v) is 5.33. The van der Waals surface area contributed by atoms with E-state index in [1.807, 2.05) is 13.8 Å². The highest BCUT2D eigenvalue weighted by atomic mass is 16.5. The molecule has 0 saturated heterocycles. The zero-order valence-corrected chi connectivity index (χ0v) is 9.60. The maximum atomic E-state index is 12.0. The van der Waals surface area contributed by atoms with E-state index in [4.69, 9.17) is 4.74 Å². The van der Waals surface area contributed by atoms with Crippen molar-refractivity contribution in [2.75, 3.05) is 4.90 Å². The first-order valence-electron chi connectivity index (χ1n) is 5.33. The molecule has 2 rings (SSSR count). The van der Waals surface area contributed by atoms with Crippen LogP contribution in [0.5, 0.6) is 11.5 Å². The maximum Gasteiger partial charge on any atom is 0.268 e. The molecule has 0 spiro atoms. The second-order valence-electron chi connectivity index (χ2n) is 4.21. The van der Waals surface area contributed by atoms with E-state index in [-0.39, 0.29) is 17.7 Å². The Hall–Kier alpha value is -1.71. The molecule has 0 aliphatic carbocycles. The van der Waals surface area contributed by atoms with Crippen molar-refractivity contribution in [1.82, 2.24) is 0 Å². The molecule has 0 fully saturated rings. The second-order valence-corrected chi connectivity index (χ2v) is 4.21. The highest BCUT2D eigenvalue weighted by Gasteiger charge is 2.33. The number of ether oxygens (including phenoxy) is 1. The third-order valence-corrected chi connectivity index (χ3v) is 2.61. The molecule has 1 aromatic carbocycles. The molecule has 1 N–H and O–H groups in total. The largest absolute Gasteiger partial charge is 0.508 e. The fourth-order valence-electron chi connectivity index (χ4n) is 1.88. The van der Waals surface area contributed by atoms with Gasteiger partial charge in [-0.05, 0) is 32.9 Å². The number of nitrogens with zero attached hydrogens (tertiary/aromatic N) is 1. The van der Waals surface area contributed by atoms with Gasteiger partial charge in [0.2, 0.25) is 0 Å². The van der Waals surface area contributed by atoms with Crippen LogP contribution in [0, 0.1) is 0 Å². The van der Waals surface area contributed by atoms with E-state index in [1.54, 1.807) is 24.0 Å². The maximum absolute atomic E-state index is 12.0. The summed E-state index contributed by atoms with van der Waals surface area (Å²) in [6, 6.07) is 4.87. The van der Waals surface area contributed by atoms with E-state index < -0.39 is 6.10 Å². The number of carbonyl (C=O) groups excluding carboxylic acids is 1. The number of amides is 1. The molecule has 86 valence electrons. The summed E-state index contributed by atoms with van der Waals surface area (Å²) in [6.45, 7) is 5.61. The van der Waals surface area contributed by atoms with Gasteiger partial charge in [-0.2, -0.15) is 0 Å². The van der Waals surface area contributed by atoms with Crippen LogP contribution in [0.15, 0.2) is 18.2 Å². The predicted molar refractivity (Wildman–Crippen MR) is 60.8 cm³/mol. The zero-order chi connectivity index (χ0) is 11.9. The predicted octanol–water partition coefficient (Wildman–Crippen LogP) is 1.91. The Balaban J connectivity index is 2.52. The number of rotatable bonds is 1. The molecule has 4 heteroatoms. The molecule has 1 heterocycles. The first-order chi connectivity index (χ1) is 7.50. The number of phenols is 1. The molecule has 4 nitrogen and oxygen atoms in total. The van der Waals surface area contributed by atoms with E-state index in [0.717, 1.165) is 5.69 Å². The SMILES string of the molecule is CC1Oc2cc(O)ccc2N(C(C)C)C1=O. The average molecular weight is 221 g/mol. The Morgan fingerprint density at radius 2 is 2.12 bits per heavy atom. The monoisotopic (exact) mass is 221 g/mol. The summed E-state index contributed by atoms with van der Waals surface area (Å²) in [6.07, 6.45) is -0.503. The van der Waals surface area contributed by atoms with Crippen molar-refractivity contribution in [2.24, 2.45) is 0 Å². The number of hydrogen-bond acceptors (Lipinski definition) is 3. The minimum Gasteiger partial charge on any atom is -0.508 e. The molecule has 0 aromatic heterocycles. The molecule has 1 atom stereocenters. The fourth-order valence-corrected chi connectivity index (χ4v) is 1.88. The minimum absolute atomic E-state index is 0.0480. The van der Waals surface area contributed by atoms with Crippen LogP contribution < -0.4 is 9.64 Å². The average Bonchev–Trinajstić information content (AvgIpc) is 2.19. The smallest absolute Gasteiger partial charge is 0.268 e. The van der Waals surface area contributed by atoms with Gasteiger partial charge in [-0.25, -0.2) is 0 Å². The number of aromatic hydroxyl groups is 1. The third kappa shape index (κ3) is 1.60. The molecule has 0 saturated carbocycles. The van der Waals surface area contributed by atoms with Gasteiger partial charge in [0.05, 0.1) is 5.69 Å². The number of benzene rings is 1. The van der Waals surface area contributed by atoms with Gasteiger partial charge in [0.15, 0.2) is 6.10 Å². The van der Waals surface area contributed by atoms with Gasteiger partial charge in [-0.3, -0.25) is 4.79 Å². The summed E-state index contributed by atoms with van der Waals surface area (Å²) in [5.74, 6) is 0.651. The standard InChI is InChI=1S/C12H15NO3/c1-7(2)13-10-5-4-9(14)6-11(10)16-8(3)12(13)15/h4-8,14H,1-3H3. The second kappa shape index (κ2) is 3.70. The van der Waals surface area contributed by atoms with Crippen molar-refractivity contribution in [3.63, 3.8) is 0 Å². The van der Waals surface area contributed by atoms with Gasteiger partial charge in [0.25, 0.3) is 5.91 Å². The highest BCUT2D eigenvalue weighted by Crippen LogP contribution is 2.37. The minimum atomic E-state index is -0.503. The lowest BCUT2D eigenvalue weighted by molar-refractivity contribution is -0.125. The Bertz CT molecular complexity index is 428. The number of fused-ring (bicyclic) bond motifs is 1. The quantitative estimate of drug-likeness (QED) is 0.788. The number of carbonyl (C=O) groups is 1. The van der Waals surface area contributed by atoms with E-state index >= 15 is 0 Å². The Morgan fingerprint density at radius 1 is 1.44 bits per heavy atom. The van der Waals surface area contributed by atoms with Crippen LogP contribution in [0.4, 0.5) is 5.69 Å². The van der Waals surface area contributed by atoms with Crippen LogP contribution >= 0.6 is 0 Å². The van der Waals surface area contributed by atoms with Crippen LogP contribution in [-0.4, -0.2) is 23.2 Å². The lowest BCUT2D eigenvalue weighted by atomic mass is 10.1. The first kappa shape index (κ1) is 10.8. The van der Waals surface area contributed by atoms with Gasteiger partial charge in [0, 0.05) is 12.1 Å². The fraction of sp³-hybridized carbons (Fsp3) is 0.417. The van der Waals surface area contributed by atoms with Gasteiger partial charge in [-0.15, -0.1) is 0 Å². The molecule has 1 unspecified atom stereocenters. The van der Waals surface area contributed by atoms with Crippen molar-refractivity contribution in [3.8, 4) is 11.5 Å². The van der Waals surface area contributed by atoms with Crippen molar-refractivity contribution in [1.29, 1.82) is 0 Å². The highest BCUT2D eigenvalue weighted by molar-refractivity contribution is 6.00. The Morgan fingerprint density at radius 3 is 2.75 bits per heavy atom. The van der Waals surface area contributed by atoms with E-state index in [0.29, 0.717) is 5.75 Å². The van der Waals surface area contributed by atoms with Gasteiger partial charge in [-0.1, -0.05) is 0 Å². The van der Waals surface area contributed by atoms with E-state index in [2.05, 4.69) is 0 Å². The number of phenolic OH excluding ortho intramolecular Hbond substituents is 1. The van der Waals surface area contributed by atoms with Crippen LogP contribution in [-0.2, 0) is 4.79 Å². The van der Waals surface area contributed by atoms with Crippen molar-refractivity contribution < 1.29 is 14.6 Å². The molecule has 1 aliphatic heterocycles. The van der Waals surface area contributed by atoms with Crippen LogP contribution in [0.25, 0.3) is 0 Å². The van der Waals surface area contributed by atoms with Gasteiger partial charge >= 0.3 is 0 Å². The van der Waals surface area contributed by atoms with Crippen molar-refractivity contribution in [3.05, 3.63) is 18.2 Å². The van der Waals surface area contributed by atoms with Gasteiger partial charge < -0.3 is 14.7 Å². The van der Waals surface area contributed by atoms with Crippen molar-refractivity contribution in [2.45, 2.75) is 32.9 Å². The topological polar surface area (TPSA) is 49.8 Å². The summed E-state index contributed by atoms with van der Waals surface area (Å²) in [5, 5.41) is 9.38. The number of hydrogen-bond donors (Lipinski definition) is 1. The zero-order valence-electron chi connectivity index (χ0n) is 9.60. The molecule has 1 aliphatic rings. The molecular weight excluding hydrogens is 206 g/mol. The molecule has 1 amide bonds. The summed E-state index contributed by atoms with van der Waals surface area (Å²) >= 11 is 0. The summed E-state index contributed by atoms with van der Waals surface area (Å²) in [4.78, 5) is 13.7. The van der Waals surface area contributed by atoms with E-state index in [1.165, 1.54) is 6.07 Å². The van der Waals surface area contributed by atoms with Crippen LogP contribution in [0.3, 0.4) is 0 Å². The molecule has 0 bridgehead atoms. The summed E-state index contributed by atoms with van der Waals surface area (Å²) in [7, 11) is 0. The third-order valence-electron chi connectivity index (χ3n) is 2.61. The lowest BCUT2D eigenvalue weighted by Gasteiger charge is -2.35. The Labute approximate surface area is 94.4 Å². The van der Waals surface area contributed by atoms with Crippen LogP contribution in [0.2, 0.25) is 0 Å². The summed E-state index contributed by atoms with van der Waals surface area (Å²) in [5.41, 5.74) is 0.718. The number of anilines is 1.